The fourth-order valence-electron chi connectivity index (χ4n) is 1.51. The van der Waals surface area contributed by atoms with Crippen molar-refractivity contribution >= 4 is 6.21 Å². The minimum Gasteiger partial charge on any atom is -0.396 e. The molecule has 0 atom stereocenters. The Morgan fingerprint density at radius 3 is 2.64 bits per heavy atom. The van der Waals surface area contributed by atoms with Gasteiger partial charge in [-0.05, 0) is 12.8 Å². The Bertz CT molecular complexity index is 117. The first-order chi connectivity index (χ1) is 5.43. The summed E-state index contributed by atoms with van der Waals surface area (Å²) in [5.74, 6) is 0. The molecular weight excluding hydrogens is 138 g/mol. The van der Waals surface area contributed by atoms with E-state index in [1.54, 1.807) is 0 Å². The monoisotopic (exact) mass is 155 g/mol. The summed E-state index contributed by atoms with van der Waals surface area (Å²) in [6, 6.07) is 0.565. The summed E-state index contributed by atoms with van der Waals surface area (Å²) in [5.41, 5.74) is 0. The topological polar surface area (TPSA) is 32.6 Å². The van der Waals surface area contributed by atoms with Gasteiger partial charge in [-0.25, -0.2) is 0 Å². The second-order valence-corrected chi connectivity index (χ2v) is 3.14. The molecular formula is C9H17NO. The zero-order valence-corrected chi connectivity index (χ0v) is 7.00. The molecule has 0 aromatic rings. The summed E-state index contributed by atoms with van der Waals surface area (Å²) in [4.78, 5) is 4.39. The van der Waals surface area contributed by atoms with Crippen LogP contribution >= 0.6 is 0 Å². The van der Waals surface area contributed by atoms with Gasteiger partial charge in [0.1, 0.15) is 0 Å². The van der Waals surface area contributed by atoms with Crippen LogP contribution in [0.2, 0.25) is 0 Å². The first kappa shape index (κ1) is 8.72. The smallest absolute Gasteiger partial charge is 0.0495 e. The second kappa shape index (κ2) is 5.30. The van der Waals surface area contributed by atoms with Crippen molar-refractivity contribution in [3.8, 4) is 0 Å². The van der Waals surface area contributed by atoms with E-state index >= 15 is 0 Å². The van der Waals surface area contributed by atoms with Gasteiger partial charge in [0.25, 0.3) is 0 Å². The molecule has 1 saturated carbocycles. The molecule has 64 valence electrons. The number of aliphatic imine (C=N–C) groups is 1. The number of hydrogen-bond acceptors (Lipinski definition) is 2. The van der Waals surface area contributed by atoms with Gasteiger partial charge in [0.2, 0.25) is 0 Å². The number of rotatable bonds is 3. The van der Waals surface area contributed by atoms with E-state index in [0.717, 1.165) is 6.42 Å². The molecule has 1 rings (SSSR count). The van der Waals surface area contributed by atoms with Gasteiger partial charge in [0, 0.05) is 25.3 Å². The van der Waals surface area contributed by atoms with Gasteiger partial charge in [-0.15, -0.1) is 0 Å². The first-order valence-corrected chi connectivity index (χ1v) is 4.56. The molecule has 2 heteroatoms. The van der Waals surface area contributed by atoms with Gasteiger partial charge in [0.05, 0.1) is 0 Å². The van der Waals surface area contributed by atoms with Crippen molar-refractivity contribution in [2.75, 3.05) is 6.61 Å². The van der Waals surface area contributed by atoms with Gasteiger partial charge in [-0.3, -0.25) is 4.99 Å². The third-order valence-electron chi connectivity index (χ3n) is 2.15. The summed E-state index contributed by atoms with van der Waals surface area (Å²) >= 11 is 0. The van der Waals surface area contributed by atoms with Crippen LogP contribution in [0.4, 0.5) is 0 Å². The molecule has 0 saturated heterocycles. The first-order valence-electron chi connectivity index (χ1n) is 4.56. The van der Waals surface area contributed by atoms with Gasteiger partial charge >= 0.3 is 0 Å². The molecule has 1 aliphatic rings. The SMILES string of the molecule is OCC/C=N/C1CCCCC1. The van der Waals surface area contributed by atoms with Crippen molar-refractivity contribution in [2.24, 2.45) is 4.99 Å². The molecule has 0 spiro atoms. The Balaban J connectivity index is 2.13. The van der Waals surface area contributed by atoms with E-state index in [4.69, 9.17) is 5.11 Å². The van der Waals surface area contributed by atoms with E-state index in [1.807, 2.05) is 6.21 Å². The van der Waals surface area contributed by atoms with Crippen LogP contribution in [0.15, 0.2) is 4.99 Å². The van der Waals surface area contributed by atoms with E-state index in [-0.39, 0.29) is 6.61 Å². The minimum atomic E-state index is 0.232. The summed E-state index contributed by atoms with van der Waals surface area (Å²) in [7, 11) is 0. The standard InChI is InChI=1S/C9H17NO/c11-8-4-7-10-9-5-2-1-3-6-9/h7,9,11H,1-6,8H2/b10-7+. The van der Waals surface area contributed by atoms with Crippen LogP contribution in [0.25, 0.3) is 0 Å². The highest BCUT2D eigenvalue weighted by molar-refractivity contribution is 5.57. The minimum absolute atomic E-state index is 0.232. The zero-order valence-electron chi connectivity index (χ0n) is 7.00. The third kappa shape index (κ3) is 3.51. The quantitative estimate of drug-likeness (QED) is 0.619. The van der Waals surface area contributed by atoms with E-state index in [0.29, 0.717) is 6.04 Å². The third-order valence-corrected chi connectivity index (χ3v) is 2.15. The van der Waals surface area contributed by atoms with Crippen LogP contribution in [-0.2, 0) is 0 Å². The maximum absolute atomic E-state index is 8.50. The highest BCUT2D eigenvalue weighted by Gasteiger charge is 2.09. The molecule has 1 N–H and O–H groups in total. The Hall–Kier alpha value is -0.370. The van der Waals surface area contributed by atoms with Gasteiger partial charge in [-0.1, -0.05) is 19.3 Å². The van der Waals surface area contributed by atoms with E-state index in [2.05, 4.69) is 4.99 Å². The van der Waals surface area contributed by atoms with Crippen LogP contribution < -0.4 is 0 Å². The Kier molecular flexibility index (Phi) is 4.21. The highest BCUT2D eigenvalue weighted by Crippen LogP contribution is 2.19. The number of aliphatic hydroxyl groups is 1. The molecule has 2 nitrogen and oxygen atoms in total. The zero-order chi connectivity index (χ0) is 7.94. The molecule has 0 aromatic carbocycles. The predicted molar refractivity (Wildman–Crippen MR) is 47.1 cm³/mol. The lowest BCUT2D eigenvalue weighted by Gasteiger charge is -2.16. The molecule has 0 unspecified atom stereocenters. The molecule has 0 bridgehead atoms. The Morgan fingerprint density at radius 1 is 1.27 bits per heavy atom. The molecule has 0 aromatic heterocycles. The van der Waals surface area contributed by atoms with Crippen molar-refractivity contribution in [1.29, 1.82) is 0 Å². The van der Waals surface area contributed by atoms with Crippen LogP contribution in [-0.4, -0.2) is 24.0 Å². The highest BCUT2D eigenvalue weighted by atomic mass is 16.2. The molecule has 0 amide bonds. The molecule has 11 heavy (non-hydrogen) atoms. The summed E-state index contributed by atoms with van der Waals surface area (Å²) < 4.78 is 0. The fraction of sp³-hybridized carbons (Fsp3) is 0.889. The average molecular weight is 155 g/mol. The molecule has 1 aliphatic carbocycles. The maximum atomic E-state index is 8.50. The maximum Gasteiger partial charge on any atom is 0.0495 e. The van der Waals surface area contributed by atoms with Gasteiger partial charge in [-0.2, -0.15) is 0 Å². The molecule has 0 heterocycles. The molecule has 0 aliphatic heterocycles. The van der Waals surface area contributed by atoms with E-state index in [9.17, 15) is 0 Å². The van der Waals surface area contributed by atoms with Crippen LogP contribution in [0.5, 0.6) is 0 Å². The van der Waals surface area contributed by atoms with Crippen LogP contribution in [0.3, 0.4) is 0 Å². The molecule has 0 radical (unpaired) electrons. The van der Waals surface area contributed by atoms with Crippen LogP contribution in [0.1, 0.15) is 38.5 Å². The lowest BCUT2D eigenvalue weighted by atomic mass is 9.96. The predicted octanol–water partition coefficient (Wildman–Crippen LogP) is 1.77. The fourth-order valence-corrected chi connectivity index (χ4v) is 1.51. The number of nitrogens with zero attached hydrogens (tertiary/aromatic N) is 1. The van der Waals surface area contributed by atoms with Gasteiger partial charge in [0.15, 0.2) is 0 Å². The van der Waals surface area contributed by atoms with Gasteiger partial charge < -0.3 is 5.11 Å². The van der Waals surface area contributed by atoms with Crippen molar-refractivity contribution in [2.45, 2.75) is 44.6 Å². The summed E-state index contributed by atoms with van der Waals surface area (Å²) in [5, 5.41) is 8.50. The van der Waals surface area contributed by atoms with Crippen molar-refractivity contribution < 1.29 is 5.11 Å². The number of hydrogen-bond donors (Lipinski definition) is 1. The Morgan fingerprint density at radius 2 is 2.00 bits per heavy atom. The van der Waals surface area contributed by atoms with Crippen molar-refractivity contribution in [1.82, 2.24) is 0 Å². The lowest BCUT2D eigenvalue weighted by Crippen LogP contribution is -2.09. The Labute approximate surface area is 68.3 Å². The normalized spacial score (nSPS) is 21.2. The van der Waals surface area contributed by atoms with E-state index < -0.39 is 0 Å². The number of aliphatic hydroxyl groups excluding tert-OH is 1. The van der Waals surface area contributed by atoms with Crippen molar-refractivity contribution in [3.05, 3.63) is 0 Å². The largest absolute Gasteiger partial charge is 0.396 e. The summed E-state index contributed by atoms with van der Waals surface area (Å²) in [6.45, 7) is 0.232. The molecule has 1 fully saturated rings. The van der Waals surface area contributed by atoms with E-state index in [1.165, 1.54) is 32.1 Å². The average Bonchev–Trinajstić information content (AvgIpc) is 2.07. The van der Waals surface area contributed by atoms with Crippen molar-refractivity contribution in [3.63, 3.8) is 0 Å². The van der Waals surface area contributed by atoms with Crippen LogP contribution in [0, 0.1) is 0 Å². The second-order valence-electron chi connectivity index (χ2n) is 3.14. The lowest BCUT2D eigenvalue weighted by molar-refractivity contribution is 0.308. The summed E-state index contributed by atoms with van der Waals surface area (Å²) in [6.07, 6.45) is 9.14.